The molecule has 1 aromatic carbocycles. The molecule has 0 bridgehead atoms. The number of halogens is 2. The summed E-state index contributed by atoms with van der Waals surface area (Å²) < 4.78 is 26.1. The molecule has 20 heavy (non-hydrogen) atoms. The average Bonchev–Trinajstić information content (AvgIpc) is 2.30. The summed E-state index contributed by atoms with van der Waals surface area (Å²) in [6.07, 6.45) is 0. The zero-order valence-corrected chi connectivity index (χ0v) is 13.3. The molecule has 0 amide bonds. The number of aliphatic carboxylic acids is 1. The van der Waals surface area contributed by atoms with Gasteiger partial charge in [0.25, 0.3) is 0 Å². The highest BCUT2D eigenvalue weighted by Crippen LogP contribution is 2.23. The number of carboxylic acids is 1. The maximum absolute atomic E-state index is 12.0. The smallest absolute Gasteiger partial charge is 0.321 e. The second-order valence-electron chi connectivity index (χ2n) is 4.69. The van der Waals surface area contributed by atoms with E-state index in [-0.39, 0.29) is 16.7 Å². The van der Waals surface area contributed by atoms with Crippen molar-refractivity contribution in [2.24, 2.45) is 5.92 Å². The molecule has 0 fully saturated rings. The predicted octanol–water partition coefficient (Wildman–Crippen LogP) is 2.52. The molecular formula is C12H15Cl2NO4S. The number of benzene rings is 1. The number of nitrogens with one attached hydrogen (secondary N) is 1. The molecule has 0 aromatic heterocycles. The minimum Gasteiger partial charge on any atom is -0.480 e. The van der Waals surface area contributed by atoms with Crippen LogP contribution in [0.2, 0.25) is 10.0 Å². The molecule has 5 nitrogen and oxygen atoms in total. The van der Waals surface area contributed by atoms with Crippen LogP contribution in [0.3, 0.4) is 0 Å². The first kappa shape index (κ1) is 17.2. The molecule has 0 unspecified atom stereocenters. The van der Waals surface area contributed by atoms with Gasteiger partial charge in [-0.05, 0) is 23.6 Å². The highest BCUT2D eigenvalue weighted by molar-refractivity contribution is 7.88. The van der Waals surface area contributed by atoms with Crippen molar-refractivity contribution in [2.75, 3.05) is 0 Å². The van der Waals surface area contributed by atoms with E-state index in [0.717, 1.165) is 0 Å². The molecule has 0 aliphatic carbocycles. The zero-order valence-electron chi connectivity index (χ0n) is 10.9. The van der Waals surface area contributed by atoms with Crippen molar-refractivity contribution in [1.82, 2.24) is 4.72 Å². The van der Waals surface area contributed by atoms with E-state index in [0.29, 0.717) is 10.6 Å². The number of carboxylic acid groups (broad SMARTS) is 1. The molecule has 0 radical (unpaired) electrons. The van der Waals surface area contributed by atoms with Crippen molar-refractivity contribution in [1.29, 1.82) is 0 Å². The molecule has 2 N–H and O–H groups in total. The summed E-state index contributed by atoms with van der Waals surface area (Å²) in [7, 11) is -3.79. The molecule has 8 heteroatoms. The Morgan fingerprint density at radius 3 is 2.35 bits per heavy atom. The van der Waals surface area contributed by atoms with Gasteiger partial charge >= 0.3 is 5.97 Å². The quantitative estimate of drug-likeness (QED) is 0.834. The Balaban J connectivity index is 2.89. The van der Waals surface area contributed by atoms with Crippen LogP contribution in [0.25, 0.3) is 0 Å². The highest BCUT2D eigenvalue weighted by atomic mass is 35.5. The van der Waals surface area contributed by atoms with E-state index >= 15 is 0 Å². The van der Waals surface area contributed by atoms with E-state index in [2.05, 4.69) is 4.72 Å². The fraction of sp³-hybridized carbons (Fsp3) is 0.417. The summed E-state index contributed by atoms with van der Waals surface area (Å²) in [4.78, 5) is 11.0. The molecular weight excluding hydrogens is 325 g/mol. The highest BCUT2D eigenvalue weighted by Gasteiger charge is 2.27. The molecule has 0 aliphatic rings. The maximum Gasteiger partial charge on any atom is 0.321 e. The largest absolute Gasteiger partial charge is 0.480 e. The molecule has 0 spiro atoms. The van der Waals surface area contributed by atoms with Crippen molar-refractivity contribution in [3.05, 3.63) is 33.8 Å². The first-order valence-corrected chi connectivity index (χ1v) is 8.20. The van der Waals surface area contributed by atoms with Gasteiger partial charge in [0.15, 0.2) is 0 Å². The zero-order chi connectivity index (χ0) is 15.5. The van der Waals surface area contributed by atoms with Crippen molar-refractivity contribution in [3.63, 3.8) is 0 Å². The maximum atomic E-state index is 12.0. The monoisotopic (exact) mass is 339 g/mol. The lowest BCUT2D eigenvalue weighted by Crippen LogP contribution is -2.44. The minimum absolute atomic E-state index is 0.248. The first-order chi connectivity index (χ1) is 9.12. The molecule has 112 valence electrons. The average molecular weight is 340 g/mol. The summed E-state index contributed by atoms with van der Waals surface area (Å²) in [6.45, 7) is 3.25. The van der Waals surface area contributed by atoms with Gasteiger partial charge in [0.2, 0.25) is 10.0 Å². The van der Waals surface area contributed by atoms with E-state index in [1.54, 1.807) is 13.8 Å². The van der Waals surface area contributed by atoms with Crippen LogP contribution in [0.1, 0.15) is 19.4 Å². The summed E-state index contributed by atoms with van der Waals surface area (Å²) >= 11 is 11.6. The number of sulfonamides is 1. The van der Waals surface area contributed by atoms with Crippen LogP contribution < -0.4 is 4.72 Å². The van der Waals surface area contributed by atoms with Crippen LogP contribution >= 0.6 is 23.2 Å². The van der Waals surface area contributed by atoms with E-state index in [1.165, 1.54) is 18.2 Å². The second-order valence-corrected chi connectivity index (χ2v) is 7.25. The van der Waals surface area contributed by atoms with E-state index in [9.17, 15) is 13.2 Å². The molecule has 0 aliphatic heterocycles. The van der Waals surface area contributed by atoms with E-state index in [4.69, 9.17) is 28.3 Å². The van der Waals surface area contributed by atoms with Gasteiger partial charge in [-0.2, -0.15) is 0 Å². The summed E-state index contributed by atoms with van der Waals surface area (Å²) in [5.74, 6) is -1.94. The third kappa shape index (κ3) is 4.94. The lowest BCUT2D eigenvalue weighted by Gasteiger charge is -2.18. The fourth-order valence-electron chi connectivity index (χ4n) is 1.56. The standard InChI is InChI=1S/C12H15Cl2NO4S/c1-7(2)11(12(16)17)15-20(18,19)6-8-3-4-9(13)10(14)5-8/h3-5,7,11,15H,6H2,1-2H3,(H,16,17)/t11-/m0/s1. The summed E-state index contributed by atoms with van der Waals surface area (Å²) in [6, 6.07) is 3.29. The topological polar surface area (TPSA) is 83.5 Å². The third-order valence-electron chi connectivity index (χ3n) is 2.58. The molecule has 1 aromatic rings. The van der Waals surface area contributed by atoms with Gasteiger partial charge in [-0.1, -0.05) is 43.1 Å². The summed E-state index contributed by atoms with van der Waals surface area (Å²) in [5, 5.41) is 9.56. The first-order valence-electron chi connectivity index (χ1n) is 5.79. The van der Waals surface area contributed by atoms with Crippen LogP contribution in [-0.4, -0.2) is 25.5 Å². The van der Waals surface area contributed by atoms with Crippen LogP contribution in [-0.2, 0) is 20.6 Å². The lowest BCUT2D eigenvalue weighted by molar-refractivity contribution is -0.140. The van der Waals surface area contributed by atoms with Crippen LogP contribution in [0.5, 0.6) is 0 Å². The Morgan fingerprint density at radius 1 is 1.30 bits per heavy atom. The van der Waals surface area contributed by atoms with Crippen molar-refractivity contribution in [2.45, 2.75) is 25.6 Å². The van der Waals surface area contributed by atoms with Crippen molar-refractivity contribution in [3.8, 4) is 0 Å². The van der Waals surface area contributed by atoms with Gasteiger partial charge in [0, 0.05) is 0 Å². The van der Waals surface area contributed by atoms with Gasteiger partial charge < -0.3 is 5.11 Å². The molecule has 0 saturated heterocycles. The van der Waals surface area contributed by atoms with Gasteiger partial charge in [-0.3, -0.25) is 4.79 Å². The lowest BCUT2D eigenvalue weighted by atomic mass is 10.1. The number of carbonyl (C=O) groups is 1. The van der Waals surface area contributed by atoms with Gasteiger partial charge in [0.05, 0.1) is 15.8 Å². The van der Waals surface area contributed by atoms with E-state index in [1.807, 2.05) is 0 Å². The molecule has 0 heterocycles. The Kier molecular flexibility index (Phi) is 5.82. The normalized spacial score (nSPS) is 13.4. The van der Waals surface area contributed by atoms with Crippen molar-refractivity contribution >= 4 is 39.2 Å². The number of rotatable bonds is 6. The Morgan fingerprint density at radius 2 is 1.90 bits per heavy atom. The fourth-order valence-corrected chi connectivity index (χ4v) is 3.34. The SMILES string of the molecule is CC(C)[C@H](NS(=O)(=O)Cc1ccc(Cl)c(Cl)c1)C(=O)O. The van der Waals surface area contributed by atoms with Gasteiger partial charge in [-0.25, -0.2) is 13.1 Å². The van der Waals surface area contributed by atoms with Crippen LogP contribution in [0, 0.1) is 5.92 Å². The van der Waals surface area contributed by atoms with E-state index < -0.39 is 22.0 Å². The molecule has 1 atom stereocenters. The minimum atomic E-state index is -3.79. The van der Waals surface area contributed by atoms with Gasteiger partial charge in [0.1, 0.15) is 6.04 Å². The Hall–Kier alpha value is -0.820. The summed E-state index contributed by atoms with van der Waals surface area (Å²) in [5.41, 5.74) is 0.430. The third-order valence-corrected chi connectivity index (χ3v) is 4.65. The van der Waals surface area contributed by atoms with Crippen molar-refractivity contribution < 1.29 is 18.3 Å². The molecule has 0 saturated carbocycles. The Bertz CT molecular complexity index is 601. The van der Waals surface area contributed by atoms with Crippen LogP contribution in [0.4, 0.5) is 0 Å². The van der Waals surface area contributed by atoms with Gasteiger partial charge in [-0.15, -0.1) is 0 Å². The predicted molar refractivity (Wildman–Crippen MR) is 78.5 cm³/mol. The second kappa shape index (κ2) is 6.76. The number of hydrogen-bond acceptors (Lipinski definition) is 3. The van der Waals surface area contributed by atoms with Crippen LogP contribution in [0.15, 0.2) is 18.2 Å². The number of hydrogen-bond donors (Lipinski definition) is 2. The Labute approximate surface area is 127 Å². The molecule has 1 rings (SSSR count).